The van der Waals surface area contributed by atoms with Crippen molar-refractivity contribution in [2.24, 2.45) is 0 Å². The number of nitrogens with zero attached hydrogens (tertiary/aromatic N) is 3. The van der Waals surface area contributed by atoms with Gasteiger partial charge in [-0.25, -0.2) is 17.4 Å². The zero-order valence-electron chi connectivity index (χ0n) is 16.2. The van der Waals surface area contributed by atoms with Crippen molar-refractivity contribution in [2.75, 3.05) is 4.31 Å². The Morgan fingerprint density at radius 2 is 1.70 bits per heavy atom. The summed E-state index contributed by atoms with van der Waals surface area (Å²) in [7, 11) is -3.82. The van der Waals surface area contributed by atoms with Gasteiger partial charge in [0.05, 0.1) is 27.7 Å². The van der Waals surface area contributed by atoms with E-state index in [0.717, 1.165) is 21.7 Å². The molecular formula is C23H19N3O2S2. The molecule has 0 amide bonds. The molecule has 7 heteroatoms. The van der Waals surface area contributed by atoms with E-state index in [1.54, 1.807) is 40.4 Å². The molecule has 150 valence electrons. The molecule has 0 radical (unpaired) electrons. The lowest BCUT2D eigenvalue weighted by Gasteiger charge is -2.35. The Labute approximate surface area is 179 Å². The van der Waals surface area contributed by atoms with Crippen LogP contribution < -0.4 is 4.31 Å². The summed E-state index contributed by atoms with van der Waals surface area (Å²) in [5.41, 5.74) is 2.79. The number of hydrogen-bond acceptors (Lipinski definition) is 4. The van der Waals surface area contributed by atoms with Gasteiger partial charge in [-0.15, -0.1) is 11.3 Å². The molecule has 0 aliphatic carbocycles. The van der Waals surface area contributed by atoms with Crippen LogP contribution in [-0.2, 0) is 10.0 Å². The highest BCUT2D eigenvalue weighted by atomic mass is 32.2. The molecule has 30 heavy (non-hydrogen) atoms. The summed E-state index contributed by atoms with van der Waals surface area (Å²) < 4.78 is 30.8. The second kappa shape index (κ2) is 7.27. The van der Waals surface area contributed by atoms with Crippen molar-refractivity contribution in [1.82, 2.24) is 9.78 Å². The molecule has 1 aliphatic heterocycles. The lowest BCUT2D eigenvalue weighted by molar-refractivity contribution is 0.583. The second-order valence-electron chi connectivity index (χ2n) is 7.10. The highest BCUT2D eigenvalue weighted by Gasteiger charge is 2.38. The van der Waals surface area contributed by atoms with Gasteiger partial charge in [0.2, 0.25) is 0 Å². The third-order valence-electron chi connectivity index (χ3n) is 5.14. The first-order valence-electron chi connectivity index (χ1n) is 9.52. The van der Waals surface area contributed by atoms with Gasteiger partial charge in [-0.1, -0.05) is 54.1 Å². The predicted octanol–water partition coefficient (Wildman–Crippen LogP) is 5.09. The van der Waals surface area contributed by atoms with Crippen molar-refractivity contribution < 1.29 is 8.42 Å². The molecule has 0 saturated heterocycles. The fraction of sp³-hybridized carbons (Fsp3) is 0.0870. The molecule has 5 rings (SSSR count). The molecule has 2 aromatic heterocycles. The third-order valence-corrected chi connectivity index (χ3v) is 7.83. The van der Waals surface area contributed by atoms with Gasteiger partial charge in [0.15, 0.2) is 0 Å². The molecule has 2 aromatic carbocycles. The van der Waals surface area contributed by atoms with Gasteiger partial charge < -0.3 is 0 Å². The minimum absolute atomic E-state index is 0.259. The summed E-state index contributed by atoms with van der Waals surface area (Å²) in [5, 5.41) is 6.45. The Morgan fingerprint density at radius 1 is 0.933 bits per heavy atom. The molecule has 4 aromatic rings. The van der Waals surface area contributed by atoms with E-state index in [1.807, 2.05) is 73.0 Å². The molecule has 0 saturated carbocycles. The van der Waals surface area contributed by atoms with Crippen molar-refractivity contribution in [3.05, 3.63) is 106 Å². The summed E-state index contributed by atoms with van der Waals surface area (Å²) in [4.78, 5) is 1.29. The van der Waals surface area contributed by atoms with Crippen molar-refractivity contribution in [1.29, 1.82) is 0 Å². The maximum absolute atomic E-state index is 13.8. The molecule has 5 nitrogen and oxygen atoms in total. The first kappa shape index (κ1) is 18.8. The lowest BCUT2D eigenvalue weighted by Crippen LogP contribution is -2.38. The first-order valence-corrected chi connectivity index (χ1v) is 11.8. The summed E-state index contributed by atoms with van der Waals surface area (Å²) in [6.07, 6.45) is 3.62. The van der Waals surface area contributed by atoms with E-state index in [2.05, 4.69) is 5.10 Å². The molecule has 0 bridgehead atoms. The summed E-state index contributed by atoms with van der Waals surface area (Å²) >= 11 is 1.60. The number of hydrogen-bond donors (Lipinski definition) is 0. The van der Waals surface area contributed by atoms with Crippen LogP contribution in [0.25, 0.3) is 5.70 Å². The van der Waals surface area contributed by atoms with Crippen LogP contribution in [0.4, 0.5) is 5.82 Å². The van der Waals surface area contributed by atoms with Crippen LogP contribution in [-0.4, -0.2) is 18.2 Å². The molecule has 1 unspecified atom stereocenters. The molecule has 0 spiro atoms. The van der Waals surface area contributed by atoms with E-state index in [0.29, 0.717) is 5.82 Å². The fourth-order valence-corrected chi connectivity index (χ4v) is 5.98. The highest BCUT2D eigenvalue weighted by molar-refractivity contribution is 7.92. The van der Waals surface area contributed by atoms with E-state index in [1.165, 1.54) is 4.31 Å². The lowest BCUT2D eigenvalue weighted by atomic mass is 10.0. The Balaban J connectivity index is 1.74. The average molecular weight is 434 g/mol. The smallest absolute Gasteiger partial charge is 0.238 e. The largest absolute Gasteiger partial charge is 0.266 e. The molecule has 1 atom stereocenters. The fourth-order valence-electron chi connectivity index (χ4n) is 3.67. The molecular weight excluding hydrogens is 414 g/mol. The van der Waals surface area contributed by atoms with Crippen LogP contribution in [0.3, 0.4) is 0 Å². The molecule has 3 heterocycles. The van der Waals surface area contributed by atoms with Crippen molar-refractivity contribution in [3.8, 4) is 0 Å². The Bertz CT molecular complexity index is 1310. The normalized spacial score (nSPS) is 16.2. The van der Waals surface area contributed by atoms with Crippen LogP contribution in [0, 0.1) is 6.92 Å². The highest BCUT2D eigenvalue weighted by Crippen LogP contribution is 2.42. The van der Waals surface area contributed by atoms with E-state index < -0.39 is 16.1 Å². The number of thiophene rings is 1. The zero-order valence-corrected chi connectivity index (χ0v) is 17.8. The molecule has 1 aliphatic rings. The Kier molecular flexibility index (Phi) is 4.56. The zero-order chi connectivity index (χ0) is 20.7. The maximum Gasteiger partial charge on any atom is 0.266 e. The maximum atomic E-state index is 13.8. The first-order chi connectivity index (χ1) is 14.6. The summed E-state index contributed by atoms with van der Waals surface area (Å²) in [5.74, 6) is 0.523. The van der Waals surface area contributed by atoms with Gasteiger partial charge >= 0.3 is 0 Å². The van der Waals surface area contributed by atoms with Crippen molar-refractivity contribution in [2.45, 2.75) is 17.9 Å². The molecule has 0 N–H and O–H groups in total. The van der Waals surface area contributed by atoms with E-state index in [4.69, 9.17) is 0 Å². The van der Waals surface area contributed by atoms with E-state index in [-0.39, 0.29) is 4.90 Å². The van der Waals surface area contributed by atoms with Crippen molar-refractivity contribution >= 4 is 32.9 Å². The van der Waals surface area contributed by atoms with Crippen LogP contribution in [0.2, 0.25) is 0 Å². The minimum Gasteiger partial charge on any atom is -0.238 e. The molecule has 0 fully saturated rings. The van der Waals surface area contributed by atoms with Gasteiger partial charge in [-0.3, -0.25) is 0 Å². The Hall–Kier alpha value is -3.16. The van der Waals surface area contributed by atoms with Gasteiger partial charge in [-0.2, -0.15) is 5.10 Å². The van der Waals surface area contributed by atoms with E-state index >= 15 is 0 Å². The monoisotopic (exact) mass is 433 g/mol. The van der Waals surface area contributed by atoms with Crippen LogP contribution in [0.5, 0.6) is 0 Å². The summed E-state index contributed by atoms with van der Waals surface area (Å²) in [6.45, 7) is 1.94. The van der Waals surface area contributed by atoms with Crippen LogP contribution in [0.1, 0.15) is 22.0 Å². The number of rotatable bonds is 4. The topological polar surface area (TPSA) is 55.2 Å². The second-order valence-corrected chi connectivity index (χ2v) is 9.86. The van der Waals surface area contributed by atoms with Gasteiger partial charge in [0, 0.05) is 6.07 Å². The number of anilines is 1. The van der Waals surface area contributed by atoms with Crippen molar-refractivity contribution in [3.63, 3.8) is 0 Å². The number of aromatic nitrogens is 2. The number of fused-ring (bicyclic) bond motifs is 1. The van der Waals surface area contributed by atoms with E-state index in [9.17, 15) is 8.42 Å². The quantitative estimate of drug-likeness (QED) is 0.450. The predicted molar refractivity (Wildman–Crippen MR) is 120 cm³/mol. The minimum atomic E-state index is -3.82. The van der Waals surface area contributed by atoms with Gasteiger partial charge in [0.1, 0.15) is 5.82 Å². The number of sulfonamides is 1. The van der Waals surface area contributed by atoms with Crippen LogP contribution in [0.15, 0.2) is 95.3 Å². The average Bonchev–Trinajstić information content (AvgIpc) is 3.46. The number of benzene rings is 2. The standard InChI is InChI=1S/C23H19N3O2S2/c1-17-9-11-19(12-10-17)30(27,28)26-20(18-6-3-2-4-7-18)16-21(22-8-5-15-29-22)25-23(26)13-14-24-25/h2-16,20H,1H3. The Morgan fingerprint density at radius 3 is 2.40 bits per heavy atom. The third kappa shape index (κ3) is 3.07. The number of aryl methyl sites for hydroxylation is 1. The van der Waals surface area contributed by atoms with Gasteiger partial charge in [-0.05, 0) is 42.1 Å². The SMILES string of the molecule is Cc1ccc(S(=O)(=O)N2c3ccnn3C(c3cccs3)=CC2c2ccccc2)cc1. The van der Waals surface area contributed by atoms with Gasteiger partial charge in [0.25, 0.3) is 10.0 Å². The van der Waals surface area contributed by atoms with Crippen LogP contribution >= 0.6 is 11.3 Å². The summed E-state index contributed by atoms with van der Waals surface area (Å²) in [6, 6.07) is 21.9.